The lowest BCUT2D eigenvalue weighted by Crippen LogP contribution is -2.39. The molecule has 1 aliphatic carbocycles. The highest BCUT2D eigenvalue weighted by Gasteiger charge is 2.68. The predicted octanol–water partition coefficient (Wildman–Crippen LogP) is 1.75. The van der Waals surface area contributed by atoms with E-state index >= 15 is 0 Å². The number of ketones is 2. The molecule has 0 aromatic carbocycles. The molecule has 5 atom stereocenters. The smallest absolute Gasteiger partial charge is 0.150 e. The fraction of sp³-hybridized carbons (Fsp3) is 0.778. The van der Waals surface area contributed by atoms with Gasteiger partial charge in [0.25, 0.3) is 0 Å². The quantitative estimate of drug-likeness (QED) is 0.726. The van der Waals surface area contributed by atoms with Crippen molar-refractivity contribution in [2.24, 2.45) is 17.3 Å². The molecule has 0 aromatic heterocycles. The first-order valence-corrected chi connectivity index (χ1v) is 8.36. The molecule has 2 saturated heterocycles. The number of rotatable bonds is 5. The summed E-state index contributed by atoms with van der Waals surface area (Å²) in [5.74, 6) is 1.67. The van der Waals surface area contributed by atoms with Crippen LogP contribution in [-0.2, 0) is 9.59 Å². The number of likely N-dealkylation sites (N-methyl/N-ethyl adjacent to an activating group) is 2. The minimum absolute atomic E-state index is 0.0287. The van der Waals surface area contributed by atoms with Gasteiger partial charge >= 0.3 is 0 Å². The van der Waals surface area contributed by atoms with Crippen molar-refractivity contribution in [3.63, 3.8) is 0 Å². The van der Waals surface area contributed by atoms with Gasteiger partial charge in [-0.15, -0.1) is 0 Å². The summed E-state index contributed by atoms with van der Waals surface area (Å²) in [5, 5.41) is 0. The highest BCUT2D eigenvalue weighted by molar-refractivity contribution is 5.85. The number of likely N-dealkylation sites (tertiary alicyclic amines) is 2. The van der Waals surface area contributed by atoms with E-state index in [2.05, 4.69) is 23.3 Å². The SMILES string of the molecule is C=C1C[C@@H](C(=O)CCC2(C)[C@@H]3[C@@H](C(C)=O)N(C)C[C@@H]32)N(C)C1. The van der Waals surface area contributed by atoms with E-state index in [-0.39, 0.29) is 23.3 Å². The number of piperidine rings is 1. The van der Waals surface area contributed by atoms with Gasteiger partial charge in [0.1, 0.15) is 11.6 Å². The Balaban J connectivity index is 1.58. The first-order valence-electron chi connectivity index (χ1n) is 8.36. The first-order chi connectivity index (χ1) is 10.3. The molecule has 4 heteroatoms. The second-order valence-electron chi connectivity index (χ2n) is 7.98. The third kappa shape index (κ3) is 2.37. The lowest BCUT2D eigenvalue weighted by Gasteiger charge is -2.27. The Hall–Kier alpha value is -1.00. The Kier molecular flexibility index (Phi) is 3.81. The summed E-state index contributed by atoms with van der Waals surface area (Å²) in [6.07, 6.45) is 2.38. The van der Waals surface area contributed by atoms with Crippen LogP contribution in [0.3, 0.4) is 0 Å². The molecule has 3 fully saturated rings. The van der Waals surface area contributed by atoms with Gasteiger partial charge in [-0.3, -0.25) is 19.4 Å². The van der Waals surface area contributed by atoms with Gasteiger partial charge in [-0.2, -0.15) is 0 Å². The molecule has 0 amide bonds. The molecule has 4 nitrogen and oxygen atoms in total. The van der Waals surface area contributed by atoms with E-state index in [0.29, 0.717) is 24.0 Å². The van der Waals surface area contributed by atoms with Crippen LogP contribution in [0.15, 0.2) is 12.2 Å². The van der Waals surface area contributed by atoms with Crippen LogP contribution in [0, 0.1) is 17.3 Å². The zero-order valence-corrected chi connectivity index (χ0v) is 14.3. The molecule has 0 aromatic rings. The summed E-state index contributed by atoms with van der Waals surface area (Å²) >= 11 is 0. The summed E-state index contributed by atoms with van der Waals surface area (Å²) < 4.78 is 0. The number of Topliss-reactive ketones (excluding diaryl/α,β-unsaturated/α-hetero) is 2. The number of nitrogens with zero attached hydrogens (tertiary/aromatic N) is 2. The van der Waals surface area contributed by atoms with E-state index in [1.165, 1.54) is 0 Å². The molecule has 2 heterocycles. The molecule has 0 spiro atoms. The molecular weight excluding hydrogens is 276 g/mol. The molecule has 3 rings (SSSR count). The summed E-state index contributed by atoms with van der Waals surface area (Å²) in [4.78, 5) is 28.7. The third-order valence-corrected chi connectivity index (χ3v) is 6.42. The lowest BCUT2D eigenvalue weighted by atomic mass is 9.90. The van der Waals surface area contributed by atoms with Crippen LogP contribution in [0.5, 0.6) is 0 Å². The van der Waals surface area contributed by atoms with Gasteiger partial charge in [0.05, 0.1) is 12.1 Å². The fourth-order valence-corrected chi connectivity index (χ4v) is 5.09. The van der Waals surface area contributed by atoms with Crippen molar-refractivity contribution < 1.29 is 9.59 Å². The summed E-state index contributed by atoms with van der Waals surface area (Å²) in [5.41, 5.74) is 1.35. The Labute approximate surface area is 133 Å². The highest BCUT2D eigenvalue weighted by atomic mass is 16.1. The molecule has 3 aliphatic rings. The van der Waals surface area contributed by atoms with Crippen molar-refractivity contribution in [1.29, 1.82) is 0 Å². The zero-order chi connectivity index (χ0) is 16.2. The van der Waals surface area contributed by atoms with Crippen molar-refractivity contribution in [3.05, 3.63) is 12.2 Å². The Morgan fingerprint density at radius 3 is 2.55 bits per heavy atom. The van der Waals surface area contributed by atoms with Crippen molar-refractivity contribution in [2.75, 3.05) is 27.2 Å². The molecule has 1 saturated carbocycles. The number of hydrogen-bond donors (Lipinski definition) is 0. The number of carbonyl (C=O) groups is 2. The van der Waals surface area contributed by atoms with Crippen molar-refractivity contribution in [2.45, 2.75) is 45.2 Å². The molecule has 22 heavy (non-hydrogen) atoms. The van der Waals surface area contributed by atoms with Gasteiger partial charge in [0.15, 0.2) is 0 Å². The number of carbonyl (C=O) groups excluding carboxylic acids is 2. The topological polar surface area (TPSA) is 40.6 Å². The average Bonchev–Trinajstić information content (AvgIpc) is 2.77. The van der Waals surface area contributed by atoms with E-state index in [9.17, 15) is 9.59 Å². The largest absolute Gasteiger partial charge is 0.298 e. The van der Waals surface area contributed by atoms with Crippen LogP contribution < -0.4 is 0 Å². The molecule has 0 N–H and O–H groups in total. The first kappa shape index (κ1) is 15.9. The van der Waals surface area contributed by atoms with E-state index in [1.807, 2.05) is 14.1 Å². The van der Waals surface area contributed by atoms with Crippen molar-refractivity contribution in [1.82, 2.24) is 9.80 Å². The average molecular weight is 304 g/mol. The highest BCUT2D eigenvalue weighted by Crippen LogP contribution is 2.67. The third-order valence-electron chi connectivity index (χ3n) is 6.42. The normalized spacial score (nSPS) is 41.7. The maximum absolute atomic E-state index is 12.5. The van der Waals surface area contributed by atoms with Gasteiger partial charge in [-0.05, 0) is 51.1 Å². The van der Waals surface area contributed by atoms with Crippen LogP contribution in [0.4, 0.5) is 0 Å². The van der Waals surface area contributed by atoms with Gasteiger partial charge in [-0.1, -0.05) is 19.1 Å². The Morgan fingerprint density at radius 2 is 2.00 bits per heavy atom. The summed E-state index contributed by atoms with van der Waals surface area (Å²) in [7, 11) is 4.05. The fourth-order valence-electron chi connectivity index (χ4n) is 5.09. The van der Waals surface area contributed by atoms with E-state index in [4.69, 9.17) is 0 Å². The van der Waals surface area contributed by atoms with Gasteiger partial charge < -0.3 is 0 Å². The molecule has 2 aliphatic heterocycles. The lowest BCUT2D eigenvalue weighted by molar-refractivity contribution is -0.123. The summed E-state index contributed by atoms with van der Waals surface area (Å²) in [6, 6.07) is 0.0972. The molecule has 122 valence electrons. The number of hydrogen-bond acceptors (Lipinski definition) is 4. The van der Waals surface area contributed by atoms with Crippen LogP contribution in [0.2, 0.25) is 0 Å². The van der Waals surface area contributed by atoms with E-state index in [0.717, 1.165) is 31.5 Å². The van der Waals surface area contributed by atoms with Crippen LogP contribution >= 0.6 is 0 Å². The van der Waals surface area contributed by atoms with Crippen molar-refractivity contribution >= 4 is 11.6 Å². The molecular formula is C18H28N2O2. The van der Waals surface area contributed by atoms with Crippen LogP contribution in [0.25, 0.3) is 0 Å². The minimum Gasteiger partial charge on any atom is -0.298 e. The Morgan fingerprint density at radius 1 is 1.32 bits per heavy atom. The molecule has 0 radical (unpaired) electrons. The second kappa shape index (κ2) is 5.27. The maximum atomic E-state index is 12.5. The van der Waals surface area contributed by atoms with E-state index < -0.39 is 0 Å². The second-order valence-corrected chi connectivity index (χ2v) is 7.98. The standard InChI is InChI=1S/C18H28N2O2/c1-11-8-14(19(4)9-11)15(22)6-7-18(3)13-10-20(5)17(12(2)21)16(13)18/h13-14,16-17H,1,6-10H2,2-5H3/t13-,14-,16-,17+,18?/m0/s1. The van der Waals surface area contributed by atoms with Crippen LogP contribution in [-0.4, -0.2) is 60.6 Å². The van der Waals surface area contributed by atoms with Crippen molar-refractivity contribution in [3.8, 4) is 0 Å². The number of fused-ring (bicyclic) bond motifs is 1. The monoisotopic (exact) mass is 304 g/mol. The molecule has 0 bridgehead atoms. The Bertz CT molecular complexity index is 529. The molecule has 1 unspecified atom stereocenters. The van der Waals surface area contributed by atoms with Gasteiger partial charge in [0, 0.05) is 19.5 Å². The predicted molar refractivity (Wildman–Crippen MR) is 86.6 cm³/mol. The van der Waals surface area contributed by atoms with Gasteiger partial charge in [0.2, 0.25) is 0 Å². The summed E-state index contributed by atoms with van der Waals surface area (Å²) in [6.45, 7) is 9.82. The maximum Gasteiger partial charge on any atom is 0.150 e. The van der Waals surface area contributed by atoms with E-state index in [1.54, 1.807) is 6.92 Å². The van der Waals surface area contributed by atoms with Gasteiger partial charge in [-0.25, -0.2) is 0 Å². The van der Waals surface area contributed by atoms with Crippen LogP contribution in [0.1, 0.15) is 33.1 Å². The minimum atomic E-state index is 0.0287. The zero-order valence-electron chi connectivity index (χ0n) is 14.3.